The maximum absolute atomic E-state index is 14.5. The van der Waals surface area contributed by atoms with Crippen molar-refractivity contribution in [3.63, 3.8) is 0 Å². The topological polar surface area (TPSA) is 325 Å². The number of hydrogen-bond donors (Lipinski definition) is 9. The van der Waals surface area contributed by atoms with Crippen LogP contribution in [-0.2, 0) is 23.7 Å². The van der Waals surface area contributed by atoms with Crippen LogP contribution in [0.5, 0.6) is 0 Å². The number of aliphatic hydroxyl groups excluding tert-OH is 6. The number of allylic oxidation sites excluding steroid dienone is 2. The SMILES string of the molecule is CC(C)CCC[C@@H](C)[C@H]1CCC2C3CC=C4C[C@@H](OC(=O)Nc5ccn(C6OC(CO)C(O)C6(F)F)c(=O)n5)CC[C@]4(C)C3CC[C@@]21C.CC(C)CCC[C@@H](C)[C@H]1CCC2C3CC=C4C[C@@H](OCCNc5ccn(C6OC(CO)C(O)C6(F)F)c(=O)n5)CC[C@]4(C)C3CC[C@@]21C.CCNc1ccn(C2OC(CO)C(O)C2(F)F)c(=O)n1. The molecule has 3 saturated heterocycles. The lowest BCUT2D eigenvalue weighted by molar-refractivity contribution is -0.141. The zero-order valence-corrected chi connectivity index (χ0v) is 69.5. The van der Waals surface area contributed by atoms with E-state index in [4.69, 9.17) is 28.8 Å². The molecule has 1 amide bonds. The standard InChI is InChI=1S/C38H59F2N3O5.C37H55F2N3O6.C11H15F2N3O4/c1-23(2)7-6-8-24(3)28-11-12-29-27-10-9-25-21-26(13-16-36(25,4)30(27)14-17-37(28,29)5)47-20-18-41-32-15-19-43(35(46)42-32)34-38(39,40)33(45)31(22-44)48-34;1-21(2)7-6-8-22(3)26-11-12-27-25-10-9-23-19-24(13-16-35(23,4)28(25)14-17-36(26,27)5)47-34(46)41-30-15-18-42(33(45)40-30)32-37(38,39)31(44)29(20-43)48-32;1-2-14-7-3-4-16(10(19)15-7)9-11(12,13)8(18)6(5-17)20-9/h9,15,19,23-24,26-31,33-34,44-45H,6-8,10-14,16-18,20-22H2,1-5H3,(H,41,42,46);9,15,18,21-22,24-29,31-32,43-44H,6-8,10-14,16-17,19-20H2,1-5H3,(H,40,41,45,46);3-4,6,8-9,17-18H,2,5H2,1H3,(H,14,15,19)/t24-,26+,27?,28-,29?,30?,31?,33?,34?,36+,37-;22-,24+,25?,26-,27?,28?,29?,31?,32?,35+,36-;/m11./s1. The number of hydrogen-bond acceptors (Lipinski definition) is 20. The van der Waals surface area contributed by atoms with Crippen LogP contribution in [0.2, 0.25) is 0 Å². The quantitative estimate of drug-likeness (QED) is 0.0216. The Balaban J connectivity index is 0.000000174. The van der Waals surface area contributed by atoms with E-state index in [2.05, 4.69) is 112 Å². The van der Waals surface area contributed by atoms with Gasteiger partial charge in [0.1, 0.15) is 41.9 Å². The summed E-state index contributed by atoms with van der Waals surface area (Å²) in [7, 11) is 0. The first-order chi connectivity index (χ1) is 54.9. The van der Waals surface area contributed by atoms with Gasteiger partial charge in [-0.3, -0.25) is 19.0 Å². The van der Waals surface area contributed by atoms with Crippen molar-refractivity contribution in [2.24, 2.45) is 92.7 Å². The number of amides is 1. The van der Waals surface area contributed by atoms with Crippen LogP contribution < -0.4 is 33.0 Å². The van der Waals surface area contributed by atoms with Crippen molar-refractivity contribution < 1.29 is 85.5 Å². The first-order valence-corrected chi connectivity index (χ1v) is 43.1. The second-order valence-corrected chi connectivity index (χ2v) is 37.7. The summed E-state index contributed by atoms with van der Waals surface area (Å²) in [5.74, 6) is -1.43. The Hall–Kier alpha value is -5.83. The minimum atomic E-state index is -3.82. The number of carbonyl (C=O) groups excluding carboxylic acids is 1. The van der Waals surface area contributed by atoms with E-state index in [0.29, 0.717) is 62.5 Å². The van der Waals surface area contributed by atoms with Gasteiger partial charge in [0.25, 0.3) is 0 Å². The van der Waals surface area contributed by atoms with Crippen molar-refractivity contribution in [1.82, 2.24) is 28.7 Å². The largest absolute Gasteiger partial charge is 0.446 e. The van der Waals surface area contributed by atoms with E-state index in [9.17, 15) is 71.1 Å². The van der Waals surface area contributed by atoms with Gasteiger partial charge in [0.2, 0.25) is 18.7 Å². The van der Waals surface area contributed by atoms with E-state index in [0.717, 1.165) is 110 Å². The Morgan fingerprint density at radius 1 is 0.526 bits per heavy atom. The minimum absolute atomic E-state index is 0.112. The van der Waals surface area contributed by atoms with Gasteiger partial charge in [0, 0.05) is 38.1 Å². The van der Waals surface area contributed by atoms with Gasteiger partial charge in [-0.05, 0) is 214 Å². The molecule has 25 atom stereocenters. The van der Waals surface area contributed by atoms with Crippen molar-refractivity contribution >= 4 is 23.5 Å². The average Bonchev–Trinajstić information content (AvgIpc) is 1.11. The molecule has 0 spiro atoms. The third-order valence-corrected chi connectivity index (χ3v) is 30.1. The second kappa shape index (κ2) is 36.1. The molecule has 3 aliphatic heterocycles. The molecule has 3 aromatic rings. The van der Waals surface area contributed by atoms with E-state index in [1.807, 2.05) is 0 Å². The second-order valence-electron chi connectivity index (χ2n) is 37.7. The molecule has 14 rings (SSSR count). The fourth-order valence-electron chi connectivity index (χ4n) is 23.8. The summed E-state index contributed by atoms with van der Waals surface area (Å²) in [6.07, 6.45) is 17.0. The fourth-order valence-corrected chi connectivity index (χ4v) is 23.8. The summed E-state index contributed by atoms with van der Waals surface area (Å²) in [4.78, 5) is 60.9. The number of rotatable bonds is 25. The highest BCUT2D eigenvalue weighted by atomic mass is 19.3. The number of nitrogens with zero attached hydrogens (tertiary/aromatic N) is 6. The van der Waals surface area contributed by atoms with E-state index < -0.39 is 116 Å². The number of anilines is 3. The molecule has 8 aliphatic carbocycles. The van der Waals surface area contributed by atoms with E-state index in [-0.39, 0.29) is 40.5 Å². The molecular formula is C86H129F6N9O15. The van der Waals surface area contributed by atoms with Gasteiger partial charge in [0.15, 0.2) is 18.3 Å². The number of aliphatic hydroxyl groups is 6. The van der Waals surface area contributed by atoms with Crippen LogP contribution in [-0.4, -0.2) is 172 Å². The summed E-state index contributed by atoms with van der Waals surface area (Å²) in [6, 6.07) is 3.96. The molecule has 0 aromatic carbocycles. The van der Waals surface area contributed by atoms with E-state index in [1.165, 1.54) is 126 Å². The predicted octanol–water partition coefficient (Wildman–Crippen LogP) is 13.6. The molecule has 0 bridgehead atoms. The van der Waals surface area contributed by atoms with Crippen molar-refractivity contribution in [1.29, 1.82) is 0 Å². The molecule has 9 fully saturated rings. The van der Waals surface area contributed by atoms with Crippen LogP contribution in [0.4, 0.5) is 48.6 Å². The Morgan fingerprint density at radius 2 is 0.914 bits per heavy atom. The van der Waals surface area contributed by atoms with Gasteiger partial charge in [0.05, 0.1) is 32.5 Å². The molecule has 6 saturated carbocycles. The molecule has 6 heterocycles. The van der Waals surface area contributed by atoms with Gasteiger partial charge < -0.3 is 65.0 Å². The summed E-state index contributed by atoms with van der Waals surface area (Å²) >= 11 is 0. The molecule has 11 aliphatic rings. The molecule has 24 nitrogen and oxygen atoms in total. The molecule has 3 aromatic heterocycles. The van der Waals surface area contributed by atoms with Crippen LogP contribution in [0, 0.1) is 92.7 Å². The van der Waals surface area contributed by atoms with Crippen LogP contribution in [0.15, 0.2) is 74.5 Å². The van der Waals surface area contributed by atoms with Crippen LogP contribution in [0.25, 0.3) is 0 Å². The maximum Gasteiger partial charge on any atom is 0.413 e. The van der Waals surface area contributed by atoms with Gasteiger partial charge in [-0.1, -0.05) is 131 Å². The lowest BCUT2D eigenvalue weighted by Crippen LogP contribution is -2.51. The monoisotopic (exact) mass is 1640 g/mol. The van der Waals surface area contributed by atoms with Gasteiger partial charge in [-0.15, -0.1) is 0 Å². The third kappa shape index (κ3) is 17.7. The van der Waals surface area contributed by atoms with Gasteiger partial charge in [-0.25, -0.2) is 19.2 Å². The molecule has 15 unspecified atom stereocenters. The minimum Gasteiger partial charge on any atom is -0.446 e. The number of carbonyl (C=O) groups is 1. The molecule has 0 radical (unpaired) electrons. The predicted molar refractivity (Wildman–Crippen MR) is 424 cm³/mol. The molecular weight excluding hydrogens is 1510 g/mol. The third-order valence-electron chi connectivity index (χ3n) is 30.1. The average molecular weight is 1640 g/mol. The highest BCUT2D eigenvalue weighted by Crippen LogP contribution is 2.70. The van der Waals surface area contributed by atoms with Crippen LogP contribution in [0.1, 0.15) is 236 Å². The Bertz CT molecular complexity index is 4110. The highest BCUT2D eigenvalue weighted by molar-refractivity contribution is 5.83. The first kappa shape index (κ1) is 89.4. The first-order valence-electron chi connectivity index (χ1n) is 43.1. The van der Waals surface area contributed by atoms with Gasteiger partial charge in [-0.2, -0.15) is 41.3 Å². The van der Waals surface area contributed by atoms with Gasteiger partial charge >= 0.3 is 40.9 Å². The lowest BCUT2D eigenvalue weighted by atomic mass is 9.47. The van der Waals surface area contributed by atoms with Crippen molar-refractivity contribution in [3.05, 3.63) is 91.5 Å². The Labute approximate surface area is 677 Å². The van der Waals surface area contributed by atoms with Crippen molar-refractivity contribution in [3.8, 4) is 0 Å². The Kier molecular flexibility index (Phi) is 27.8. The van der Waals surface area contributed by atoms with Crippen molar-refractivity contribution in [2.75, 3.05) is 55.5 Å². The molecule has 30 heteroatoms. The number of fused-ring (bicyclic) bond motifs is 10. The van der Waals surface area contributed by atoms with E-state index in [1.54, 1.807) is 12.5 Å². The molecule has 650 valence electrons. The highest BCUT2D eigenvalue weighted by Gasteiger charge is 2.65. The Morgan fingerprint density at radius 3 is 1.30 bits per heavy atom. The zero-order chi connectivity index (χ0) is 83.9. The van der Waals surface area contributed by atoms with Crippen LogP contribution in [0.3, 0.4) is 0 Å². The number of halogens is 6. The summed E-state index contributed by atoms with van der Waals surface area (Å²) in [5.41, 5.74) is 1.34. The summed E-state index contributed by atoms with van der Waals surface area (Å²) < 4.78 is 115. The fraction of sp³-hybridized carbons (Fsp3) is 0.802. The smallest absolute Gasteiger partial charge is 0.413 e. The van der Waals surface area contributed by atoms with E-state index >= 15 is 0 Å². The molecule has 116 heavy (non-hydrogen) atoms. The summed E-state index contributed by atoms with van der Waals surface area (Å²) in [5, 5.41) is 64.6. The molecule has 9 N–H and O–H groups in total. The maximum atomic E-state index is 14.5. The number of ether oxygens (including phenoxy) is 5. The number of nitrogens with one attached hydrogen (secondary N) is 3. The number of aromatic nitrogens is 6. The number of alkyl halides is 6. The normalized spacial score (nSPS) is 37.5. The lowest BCUT2D eigenvalue weighted by Gasteiger charge is -2.58. The van der Waals surface area contributed by atoms with Crippen LogP contribution >= 0.6 is 0 Å². The zero-order valence-electron chi connectivity index (χ0n) is 69.5. The van der Waals surface area contributed by atoms with Crippen molar-refractivity contribution in [2.45, 2.75) is 303 Å². The summed E-state index contributed by atoms with van der Waals surface area (Å²) in [6.45, 7) is 25.4.